The van der Waals surface area contributed by atoms with Gasteiger partial charge in [0.2, 0.25) is 0 Å². The third-order valence-corrected chi connectivity index (χ3v) is 3.85. The second-order valence-electron chi connectivity index (χ2n) is 5.13. The lowest BCUT2D eigenvalue weighted by Gasteiger charge is -2.31. The lowest BCUT2D eigenvalue weighted by atomic mass is 10.1. The van der Waals surface area contributed by atoms with Gasteiger partial charge in [-0.25, -0.2) is 4.79 Å². The highest BCUT2D eigenvalue weighted by Gasteiger charge is 2.22. The average molecular weight is 283 g/mol. The van der Waals surface area contributed by atoms with Crippen molar-refractivity contribution >= 4 is 23.3 Å². The Balaban J connectivity index is 2.27. The Morgan fingerprint density at radius 1 is 1.42 bits per heavy atom. The van der Waals surface area contributed by atoms with Gasteiger partial charge < -0.3 is 14.9 Å². The Morgan fingerprint density at radius 2 is 2.16 bits per heavy atom. The molecule has 1 fully saturated rings. The number of rotatable bonds is 2. The van der Waals surface area contributed by atoms with Gasteiger partial charge in [0.25, 0.3) is 0 Å². The second-order valence-corrected chi connectivity index (χ2v) is 5.54. The van der Waals surface area contributed by atoms with Crippen LogP contribution in [0.2, 0.25) is 5.02 Å². The number of nitrogens with zero attached hydrogens (tertiary/aromatic N) is 2. The molecular formula is C14H19ClN2O2. The zero-order chi connectivity index (χ0) is 14.0. The van der Waals surface area contributed by atoms with Crippen molar-refractivity contribution in [3.63, 3.8) is 0 Å². The number of aromatic carboxylic acids is 1. The first-order valence-corrected chi connectivity index (χ1v) is 6.85. The minimum Gasteiger partial charge on any atom is -0.478 e. The molecule has 0 aromatic heterocycles. The summed E-state index contributed by atoms with van der Waals surface area (Å²) in [6.45, 7) is 5.17. The predicted molar refractivity (Wildman–Crippen MR) is 77.3 cm³/mol. The maximum Gasteiger partial charge on any atom is 0.335 e. The highest BCUT2D eigenvalue weighted by molar-refractivity contribution is 6.33. The van der Waals surface area contributed by atoms with E-state index in [0.29, 0.717) is 11.1 Å². The topological polar surface area (TPSA) is 43.8 Å². The molecule has 104 valence electrons. The number of carbonyl (C=O) groups is 1. The zero-order valence-corrected chi connectivity index (χ0v) is 12.0. The Labute approximate surface area is 118 Å². The fraction of sp³-hybridized carbons (Fsp3) is 0.500. The molecule has 0 radical (unpaired) electrons. The highest BCUT2D eigenvalue weighted by Crippen LogP contribution is 2.29. The normalized spacial score (nSPS) is 21.2. The van der Waals surface area contributed by atoms with Crippen LogP contribution in [0.1, 0.15) is 23.7 Å². The summed E-state index contributed by atoms with van der Waals surface area (Å²) in [5.41, 5.74) is 1.16. The number of hydrogen-bond donors (Lipinski definition) is 1. The van der Waals surface area contributed by atoms with Gasteiger partial charge >= 0.3 is 5.97 Å². The molecule has 2 rings (SSSR count). The summed E-state index contributed by atoms with van der Waals surface area (Å²) in [6, 6.07) is 5.32. The number of carboxylic acid groups (broad SMARTS) is 1. The first kappa shape index (κ1) is 14.2. The summed E-state index contributed by atoms with van der Waals surface area (Å²) in [5.74, 6) is -0.947. The number of halogens is 1. The summed E-state index contributed by atoms with van der Waals surface area (Å²) < 4.78 is 0. The number of benzene rings is 1. The van der Waals surface area contributed by atoms with Gasteiger partial charge in [-0.05, 0) is 45.1 Å². The summed E-state index contributed by atoms with van der Waals surface area (Å²) in [7, 11) is 2.12. The van der Waals surface area contributed by atoms with Crippen LogP contribution in [-0.2, 0) is 0 Å². The van der Waals surface area contributed by atoms with Crippen molar-refractivity contribution in [1.29, 1.82) is 0 Å². The van der Waals surface area contributed by atoms with Crippen LogP contribution in [0.3, 0.4) is 0 Å². The molecule has 0 spiro atoms. The third kappa shape index (κ3) is 3.19. The van der Waals surface area contributed by atoms with E-state index in [9.17, 15) is 4.79 Å². The molecule has 0 aliphatic carbocycles. The van der Waals surface area contributed by atoms with Crippen LogP contribution in [0.4, 0.5) is 5.69 Å². The summed E-state index contributed by atoms with van der Waals surface area (Å²) in [5, 5.41) is 9.47. The van der Waals surface area contributed by atoms with E-state index in [1.165, 1.54) is 6.07 Å². The zero-order valence-electron chi connectivity index (χ0n) is 11.3. The van der Waals surface area contributed by atoms with Crippen LogP contribution in [-0.4, -0.2) is 48.7 Å². The van der Waals surface area contributed by atoms with Crippen molar-refractivity contribution in [2.45, 2.75) is 19.4 Å². The fourth-order valence-corrected chi connectivity index (χ4v) is 2.89. The fourth-order valence-electron chi connectivity index (χ4n) is 2.60. The van der Waals surface area contributed by atoms with Crippen LogP contribution >= 0.6 is 11.6 Å². The molecule has 0 saturated carbocycles. The molecule has 1 aliphatic heterocycles. The first-order chi connectivity index (χ1) is 8.99. The Bertz CT molecular complexity index is 479. The van der Waals surface area contributed by atoms with Crippen molar-refractivity contribution < 1.29 is 9.90 Å². The first-order valence-electron chi connectivity index (χ1n) is 6.47. The standard InChI is InChI=1S/C14H19ClN2O2/c1-10-9-16(2)6-3-7-17(10)13-5-4-11(14(18)19)8-12(13)15/h4-5,8,10H,3,6-7,9H2,1-2H3,(H,18,19). The van der Waals surface area contributed by atoms with Gasteiger partial charge in [0.15, 0.2) is 0 Å². The predicted octanol–water partition coefficient (Wildman–Crippen LogP) is 2.57. The van der Waals surface area contributed by atoms with Crippen molar-refractivity contribution in [1.82, 2.24) is 4.90 Å². The molecule has 1 atom stereocenters. The van der Waals surface area contributed by atoms with Gasteiger partial charge in [0.05, 0.1) is 16.3 Å². The minimum absolute atomic E-state index is 0.230. The number of carboxylic acids is 1. The second kappa shape index (κ2) is 5.80. The average Bonchev–Trinajstić information content (AvgIpc) is 2.50. The molecule has 1 aromatic carbocycles. The van der Waals surface area contributed by atoms with Gasteiger partial charge in [-0.1, -0.05) is 11.6 Å². The Hall–Kier alpha value is -1.26. The largest absolute Gasteiger partial charge is 0.478 e. The molecule has 1 aromatic rings. The van der Waals surface area contributed by atoms with Crippen LogP contribution < -0.4 is 4.90 Å². The highest BCUT2D eigenvalue weighted by atomic mass is 35.5. The molecule has 0 amide bonds. The van der Waals surface area contributed by atoms with Crippen LogP contribution in [0.5, 0.6) is 0 Å². The van der Waals surface area contributed by atoms with Crippen LogP contribution in [0, 0.1) is 0 Å². The summed E-state index contributed by atoms with van der Waals surface area (Å²) in [4.78, 5) is 15.5. The monoisotopic (exact) mass is 282 g/mol. The van der Waals surface area contributed by atoms with E-state index in [1.54, 1.807) is 6.07 Å². The quantitative estimate of drug-likeness (QED) is 0.905. The van der Waals surface area contributed by atoms with Crippen molar-refractivity contribution in [3.8, 4) is 0 Å². The van der Waals surface area contributed by atoms with Crippen LogP contribution in [0.25, 0.3) is 0 Å². The van der Waals surface area contributed by atoms with Crippen LogP contribution in [0.15, 0.2) is 18.2 Å². The number of likely N-dealkylation sites (N-methyl/N-ethyl adjacent to an activating group) is 1. The van der Waals surface area contributed by atoms with Gasteiger partial charge in [0.1, 0.15) is 0 Å². The van der Waals surface area contributed by atoms with E-state index in [4.69, 9.17) is 16.7 Å². The molecular weight excluding hydrogens is 264 g/mol. The van der Waals surface area contributed by atoms with Crippen molar-refractivity contribution in [2.75, 3.05) is 31.6 Å². The lowest BCUT2D eigenvalue weighted by Crippen LogP contribution is -2.38. The summed E-state index contributed by atoms with van der Waals surface area (Å²) >= 11 is 6.24. The van der Waals surface area contributed by atoms with Gasteiger partial charge in [-0.3, -0.25) is 0 Å². The molecule has 5 heteroatoms. The smallest absolute Gasteiger partial charge is 0.335 e. The molecule has 1 N–H and O–H groups in total. The molecule has 19 heavy (non-hydrogen) atoms. The molecule has 1 aliphatic rings. The van der Waals surface area contributed by atoms with E-state index in [2.05, 4.69) is 23.8 Å². The maximum atomic E-state index is 10.9. The molecule has 1 heterocycles. The molecule has 1 saturated heterocycles. The van der Waals surface area contributed by atoms with Crippen molar-refractivity contribution in [2.24, 2.45) is 0 Å². The van der Waals surface area contributed by atoms with E-state index in [-0.39, 0.29) is 5.56 Å². The SMILES string of the molecule is CC1CN(C)CCCN1c1ccc(C(=O)O)cc1Cl. The maximum absolute atomic E-state index is 10.9. The number of anilines is 1. The number of hydrogen-bond acceptors (Lipinski definition) is 3. The minimum atomic E-state index is -0.947. The third-order valence-electron chi connectivity index (χ3n) is 3.55. The van der Waals surface area contributed by atoms with E-state index >= 15 is 0 Å². The van der Waals surface area contributed by atoms with E-state index in [0.717, 1.165) is 31.7 Å². The van der Waals surface area contributed by atoms with Crippen molar-refractivity contribution in [3.05, 3.63) is 28.8 Å². The van der Waals surface area contributed by atoms with Gasteiger partial charge in [-0.15, -0.1) is 0 Å². The molecule has 1 unspecified atom stereocenters. The molecule has 0 bridgehead atoms. The lowest BCUT2D eigenvalue weighted by molar-refractivity contribution is 0.0697. The van der Waals surface area contributed by atoms with E-state index < -0.39 is 5.97 Å². The van der Waals surface area contributed by atoms with Gasteiger partial charge in [-0.2, -0.15) is 0 Å². The summed E-state index contributed by atoms with van der Waals surface area (Å²) in [6.07, 6.45) is 1.08. The molecule has 4 nitrogen and oxygen atoms in total. The Morgan fingerprint density at radius 3 is 2.79 bits per heavy atom. The van der Waals surface area contributed by atoms with Gasteiger partial charge in [0, 0.05) is 19.1 Å². The van der Waals surface area contributed by atoms with E-state index in [1.807, 2.05) is 6.07 Å². The Kier molecular flexibility index (Phi) is 4.32.